The van der Waals surface area contributed by atoms with Gasteiger partial charge in [0.1, 0.15) is 11.5 Å². The van der Waals surface area contributed by atoms with Crippen LogP contribution in [-0.4, -0.2) is 14.2 Å². The molecule has 1 aromatic rings. The highest BCUT2D eigenvalue weighted by Crippen LogP contribution is 2.44. The minimum absolute atomic E-state index is 0.173. The fourth-order valence-electron chi connectivity index (χ4n) is 2.56. The van der Waals surface area contributed by atoms with E-state index in [9.17, 15) is 0 Å². The summed E-state index contributed by atoms with van der Waals surface area (Å²) in [7, 11) is 3.37. The zero-order valence-electron chi connectivity index (χ0n) is 10.9. The second kappa shape index (κ2) is 4.57. The molecule has 0 aliphatic heterocycles. The van der Waals surface area contributed by atoms with Crippen molar-refractivity contribution in [3.8, 4) is 11.5 Å². The average Bonchev–Trinajstić information content (AvgIpc) is 2.33. The van der Waals surface area contributed by atoms with Gasteiger partial charge in [-0.05, 0) is 42.9 Å². The molecule has 1 aromatic carbocycles. The van der Waals surface area contributed by atoms with E-state index in [1.54, 1.807) is 14.2 Å². The summed E-state index contributed by atoms with van der Waals surface area (Å²) < 4.78 is 10.8. The molecule has 1 aliphatic carbocycles. The quantitative estimate of drug-likeness (QED) is 0.872. The van der Waals surface area contributed by atoms with E-state index in [2.05, 4.69) is 13.0 Å². The Balaban J connectivity index is 2.54. The Kier molecular flexibility index (Phi) is 3.29. The molecule has 0 unspecified atom stereocenters. The lowest BCUT2D eigenvalue weighted by molar-refractivity contribution is 0.249. The predicted molar refractivity (Wildman–Crippen MR) is 68.6 cm³/mol. The second-order valence-corrected chi connectivity index (χ2v) is 4.72. The third kappa shape index (κ3) is 2.00. The smallest absolute Gasteiger partial charge is 0.126 e. The summed E-state index contributed by atoms with van der Waals surface area (Å²) in [5.41, 5.74) is 8.68. The van der Waals surface area contributed by atoms with Crippen LogP contribution in [0.1, 0.15) is 37.3 Å². The lowest BCUT2D eigenvalue weighted by Gasteiger charge is -2.40. The van der Waals surface area contributed by atoms with Gasteiger partial charge >= 0.3 is 0 Å². The molecular formula is C14H21NO2. The van der Waals surface area contributed by atoms with E-state index >= 15 is 0 Å². The van der Waals surface area contributed by atoms with E-state index in [1.165, 1.54) is 17.5 Å². The van der Waals surface area contributed by atoms with Gasteiger partial charge in [0.25, 0.3) is 0 Å². The van der Waals surface area contributed by atoms with E-state index in [-0.39, 0.29) is 5.54 Å². The number of hydrogen-bond donors (Lipinski definition) is 1. The lowest BCUT2D eigenvalue weighted by atomic mass is 9.71. The van der Waals surface area contributed by atoms with Crippen LogP contribution < -0.4 is 15.2 Å². The van der Waals surface area contributed by atoms with Gasteiger partial charge in [0.2, 0.25) is 0 Å². The number of nitrogens with two attached hydrogens (primary N) is 1. The predicted octanol–water partition coefficient (Wildman–Crippen LogP) is 2.60. The number of hydrogen-bond acceptors (Lipinski definition) is 3. The molecule has 0 amide bonds. The normalized spacial score (nSPS) is 17.4. The Hall–Kier alpha value is -1.22. The standard InChI is InChI=1S/C14H21NO2/c1-4-11-12(14(15)6-5-7-14)8-10(16-2)9-13(11)17-3/h8-9H,4-7,15H2,1-3H3. The van der Waals surface area contributed by atoms with Crippen molar-refractivity contribution in [2.24, 2.45) is 5.73 Å². The summed E-state index contributed by atoms with van der Waals surface area (Å²) in [6.07, 6.45) is 4.24. The van der Waals surface area contributed by atoms with E-state index in [0.717, 1.165) is 30.8 Å². The number of benzene rings is 1. The summed E-state index contributed by atoms with van der Waals surface area (Å²) in [6, 6.07) is 4.00. The van der Waals surface area contributed by atoms with Crippen LogP contribution in [0.4, 0.5) is 0 Å². The summed E-state index contributed by atoms with van der Waals surface area (Å²) >= 11 is 0. The maximum absolute atomic E-state index is 6.44. The van der Waals surface area contributed by atoms with Crippen LogP contribution in [0.5, 0.6) is 11.5 Å². The van der Waals surface area contributed by atoms with Gasteiger partial charge in [-0.2, -0.15) is 0 Å². The Bertz CT molecular complexity index is 411. The zero-order chi connectivity index (χ0) is 12.5. The molecule has 1 fully saturated rings. The van der Waals surface area contributed by atoms with Crippen molar-refractivity contribution in [2.45, 2.75) is 38.1 Å². The van der Waals surface area contributed by atoms with Gasteiger partial charge in [0.05, 0.1) is 14.2 Å². The van der Waals surface area contributed by atoms with Crippen molar-refractivity contribution in [3.05, 3.63) is 23.3 Å². The summed E-state index contributed by atoms with van der Waals surface area (Å²) in [4.78, 5) is 0. The summed E-state index contributed by atoms with van der Waals surface area (Å²) in [5, 5.41) is 0. The van der Waals surface area contributed by atoms with Crippen LogP contribution in [0.25, 0.3) is 0 Å². The van der Waals surface area contributed by atoms with Crippen LogP contribution in [0.15, 0.2) is 12.1 Å². The molecule has 0 radical (unpaired) electrons. The highest BCUT2D eigenvalue weighted by molar-refractivity contribution is 5.50. The molecule has 0 bridgehead atoms. The highest BCUT2D eigenvalue weighted by atomic mass is 16.5. The van der Waals surface area contributed by atoms with E-state index < -0.39 is 0 Å². The van der Waals surface area contributed by atoms with Crippen molar-refractivity contribution in [3.63, 3.8) is 0 Å². The molecule has 3 nitrogen and oxygen atoms in total. The Morgan fingerprint density at radius 1 is 1.24 bits per heavy atom. The fraction of sp³-hybridized carbons (Fsp3) is 0.571. The molecule has 1 aliphatic rings. The Morgan fingerprint density at radius 3 is 2.35 bits per heavy atom. The Labute approximate surface area is 103 Å². The van der Waals surface area contributed by atoms with Crippen LogP contribution in [0, 0.1) is 0 Å². The zero-order valence-corrected chi connectivity index (χ0v) is 10.9. The summed E-state index contributed by atoms with van der Waals surface area (Å²) in [5.74, 6) is 1.71. The van der Waals surface area contributed by atoms with Gasteiger partial charge in [-0.3, -0.25) is 0 Å². The van der Waals surface area contributed by atoms with Crippen molar-refractivity contribution in [1.82, 2.24) is 0 Å². The molecular weight excluding hydrogens is 214 g/mol. The largest absolute Gasteiger partial charge is 0.497 e. The molecule has 2 rings (SSSR count). The van der Waals surface area contributed by atoms with Crippen LogP contribution in [-0.2, 0) is 12.0 Å². The van der Waals surface area contributed by atoms with Crippen LogP contribution in [0.2, 0.25) is 0 Å². The first-order chi connectivity index (χ1) is 8.14. The van der Waals surface area contributed by atoms with Crippen molar-refractivity contribution in [2.75, 3.05) is 14.2 Å². The average molecular weight is 235 g/mol. The number of ether oxygens (including phenoxy) is 2. The first kappa shape index (κ1) is 12.2. The maximum atomic E-state index is 6.44. The third-order valence-electron chi connectivity index (χ3n) is 3.77. The van der Waals surface area contributed by atoms with Crippen LogP contribution >= 0.6 is 0 Å². The van der Waals surface area contributed by atoms with Gasteiger partial charge in [0, 0.05) is 11.6 Å². The minimum Gasteiger partial charge on any atom is -0.497 e. The Morgan fingerprint density at radius 2 is 1.94 bits per heavy atom. The molecule has 3 heteroatoms. The lowest BCUT2D eigenvalue weighted by Crippen LogP contribution is -2.44. The first-order valence-electron chi connectivity index (χ1n) is 6.19. The van der Waals surface area contributed by atoms with Gasteiger partial charge in [-0.15, -0.1) is 0 Å². The maximum Gasteiger partial charge on any atom is 0.126 e. The van der Waals surface area contributed by atoms with Crippen molar-refractivity contribution >= 4 is 0 Å². The SMILES string of the molecule is CCc1c(OC)cc(OC)cc1C1(N)CCC1. The van der Waals surface area contributed by atoms with Crippen molar-refractivity contribution < 1.29 is 9.47 Å². The molecule has 17 heavy (non-hydrogen) atoms. The van der Waals surface area contributed by atoms with E-state index in [1.807, 2.05) is 6.07 Å². The topological polar surface area (TPSA) is 44.5 Å². The van der Waals surface area contributed by atoms with Gasteiger partial charge in [-0.1, -0.05) is 6.92 Å². The van der Waals surface area contributed by atoms with Crippen LogP contribution in [0.3, 0.4) is 0 Å². The molecule has 0 heterocycles. The van der Waals surface area contributed by atoms with E-state index in [4.69, 9.17) is 15.2 Å². The van der Waals surface area contributed by atoms with Gasteiger partial charge in [-0.25, -0.2) is 0 Å². The summed E-state index contributed by atoms with van der Waals surface area (Å²) in [6.45, 7) is 2.13. The molecule has 0 aromatic heterocycles. The van der Waals surface area contributed by atoms with E-state index in [0.29, 0.717) is 0 Å². The van der Waals surface area contributed by atoms with Gasteiger partial charge < -0.3 is 15.2 Å². The molecule has 2 N–H and O–H groups in total. The van der Waals surface area contributed by atoms with Gasteiger partial charge in [0.15, 0.2) is 0 Å². The molecule has 1 saturated carbocycles. The number of rotatable bonds is 4. The molecule has 0 spiro atoms. The molecule has 94 valence electrons. The van der Waals surface area contributed by atoms with Crippen molar-refractivity contribution in [1.29, 1.82) is 0 Å². The third-order valence-corrected chi connectivity index (χ3v) is 3.77. The second-order valence-electron chi connectivity index (χ2n) is 4.72. The number of methoxy groups -OCH3 is 2. The monoisotopic (exact) mass is 235 g/mol. The fourth-order valence-corrected chi connectivity index (χ4v) is 2.56. The highest BCUT2D eigenvalue weighted by Gasteiger charge is 2.37. The molecule has 0 saturated heterocycles. The first-order valence-corrected chi connectivity index (χ1v) is 6.19. The molecule has 0 atom stereocenters. The minimum atomic E-state index is -0.173.